The molecule has 0 aliphatic rings. The van der Waals surface area contributed by atoms with E-state index in [1.807, 2.05) is 54.6 Å². The maximum absolute atomic E-state index is 12.8. The van der Waals surface area contributed by atoms with Crippen molar-refractivity contribution in [1.29, 1.82) is 0 Å². The minimum atomic E-state index is -0.619. The van der Waals surface area contributed by atoms with Crippen LogP contribution in [0.25, 0.3) is 0 Å². The molecule has 0 unspecified atom stereocenters. The van der Waals surface area contributed by atoms with Gasteiger partial charge in [0, 0.05) is 5.69 Å². The van der Waals surface area contributed by atoms with Gasteiger partial charge in [0.1, 0.15) is 6.33 Å². The van der Waals surface area contributed by atoms with Gasteiger partial charge in [0.25, 0.3) is 5.91 Å². The maximum Gasteiger partial charge on any atom is 0.253 e. The van der Waals surface area contributed by atoms with Crippen LogP contribution in [0.3, 0.4) is 0 Å². The molecule has 0 saturated carbocycles. The minimum absolute atomic E-state index is 0.189. The number of amides is 1. The second-order valence-electron chi connectivity index (χ2n) is 5.87. The second kappa shape index (κ2) is 7.04. The van der Waals surface area contributed by atoms with Gasteiger partial charge in [-0.2, -0.15) is 0 Å². The number of carbonyl (C=O) groups excluding carboxylic acids is 1. The van der Waals surface area contributed by atoms with Crippen molar-refractivity contribution in [3.8, 4) is 0 Å². The minimum Gasteiger partial charge on any atom is -0.324 e. The summed E-state index contributed by atoms with van der Waals surface area (Å²) in [6.45, 7) is 4.27. The van der Waals surface area contributed by atoms with E-state index < -0.39 is 6.04 Å². The molecule has 2 aromatic carbocycles. The summed E-state index contributed by atoms with van der Waals surface area (Å²) in [5.74, 6) is 0.263. The van der Waals surface area contributed by atoms with Crippen molar-refractivity contribution >= 4 is 11.6 Å². The second-order valence-corrected chi connectivity index (χ2v) is 5.87. The fourth-order valence-corrected chi connectivity index (χ4v) is 2.51. The largest absolute Gasteiger partial charge is 0.324 e. The highest BCUT2D eigenvalue weighted by Crippen LogP contribution is 2.21. The van der Waals surface area contributed by atoms with Gasteiger partial charge in [-0.3, -0.25) is 4.79 Å². The third-order valence-electron chi connectivity index (χ3n) is 3.84. The molecule has 1 amide bonds. The van der Waals surface area contributed by atoms with Crippen molar-refractivity contribution < 1.29 is 4.79 Å². The fraction of sp³-hybridized carbons (Fsp3) is 0.222. The molecule has 3 aromatic rings. The van der Waals surface area contributed by atoms with Crippen molar-refractivity contribution in [2.75, 3.05) is 5.32 Å². The first kappa shape index (κ1) is 15.9. The third-order valence-corrected chi connectivity index (χ3v) is 3.84. The standard InChI is InChI=1S/C18H19N5O/c1-13(2)14-8-10-16(11-9-14)20-18(24)17(23-12-19-21-22-23)15-6-4-3-5-7-15/h3-13,17H,1-2H3,(H,20,24)/t17-/m1/s1. The van der Waals surface area contributed by atoms with Gasteiger partial charge in [0.05, 0.1) is 0 Å². The number of anilines is 1. The fourth-order valence-electron chi connectivity index (χ4n) is 2.51. The molecule has 0 aliphatic heterocycles. The molecule has 24 heavy (non-hydrogen) atoms. The molecule has 0 fully saturated rings. The van der Waals surface area contributed by atoms with Gasteiger partial charge in [-0.1, -0.05) is 56.3 Å². The molecule has 6 nitrogen and oxygen atoms in total. The summed E-state index contributed by atoms with van der Waals surface area (Å²) in [5, 5.41) is 14.1. The molecule has 1 atom stereocenters. The Morgan fingerprint density at radius 1 is 1.00 bits per heavy atom. The predicted octanol–water partition coefficient (Wildman–Crippen LogP) is 3.02. The summed E-state index contributed by atoms with van der Waals surface area (Å²) >= 11 is 0. The number of nitrogens with one attached hydrogen (secondary N) is 1. The highest BCUT2D eigenvalue weighted by atomic mass is 16.2. The Kier molecular flexibility index (Phi) is 4.65. The Hall–Kier alpha value is -3.02. The van der Waals surface area contributed by atoms with Gasteiger partial charge < -0.3 is 5.32 Å². The molecule has 6 heteroatoms. The zero-order valence-corrected chi connectivity index (χ0v) is 13.6. The van der Waals surface area contributed by atoms with Crippen molar-refractivity contribution in [1.82, 2.24) is 20.2 Å². The van der Waals surface area contributed by atoms with Gasteiger partial charge in [-0.05, 0) is 39.6 Å². The lowest BCUT2D eigenvalue weighted by atomic mass is 10.0. The summed E-state index contributed by atoms with van der Waals surface area (Å²) in [6.07, 6.45) is 1.44. The van der Waals surface area contributed by atoms with E-state index in [1.165, 1.54) is 16.6 Å². The van der Waals surface area contributed by atoms with E-state index in [9.17, 15) is 4.79 Å². The van der Waals surface area contributed by atoms with Crippen molar-refractivity contribution in [2.45, 2.75) is 25.8 Å². The molecular weight excluding hydrogens is 302 g/mol. The first-order valence-electron chi connectivity index (χ1n) is 7.83. The molecule has 1 heterocycles. The van der Waals surface area contributed by atoms with E-state index in [-0.39, 0.29) is 5.91 Å². The van der Waals surface area contributed by atoms with Crippen LogP contribution in [-0.4, -0.2) is 26.1 Å². The maximum atomic E-state index is 12.8. The van der Waals surface area contributed by atoms with Gasteiger partial charge in [0.15, 0.2) is 6.04 Å². The van der Waals surface area contributed by atoms with Gasteiger partial charge in [-0.15, -0.1) is 5.10 Å². The molecule has 0 spiro atoms. The monoisotopic (exact) mass is 321 g/mol. The van der Waals surface area contributed by atoms with E-state index >= 15 is 0 Å². The first-order chi connectivity index (χ1) is 11.6. The smallest absolute Gasteiger partial charge is 0.253 e. The zero-order valence-electron chi connectivity index (χ0n) is 13.6. The van der Waals surface area contributed by atoms with Crippen molar-refractivity contribution in [3.05, 3.63) is 72.1 Å². The Bertz CT molecular complexity index is 782. The van der Waals surface area contributed by atoms with Crippen LogP contribution in [0.1, 0.15) is 36.9 Å². The van der Waals surface area contributed by atoms with Crippen LogP contribution in [0.2, 0.25) is 0 Å². The Morgan fingerprint density at radius 3 is 2.29 bits per heavy atom. The van der Waals surface area contributed by atoms with E-state index in [0.29, 0.717) is 5.92 Å². The first-order valence-corrected chi connectivity index (χ1v) is 7.83. The molecule has 1 N–H and O–H groups in total. The highest BCUT2D eigenvalue weighted by Gasteiger charge is 2.23. The van der Waals surface area contributed by atoms with Gasteiger partial charge >= 0.3 is 0 Å². The third kappa shape index (κ3) is 3.48. The number of aromatic nitrogens is 4. The molecule has 3 rings (SSSR count). The molecule has 122 valence electrons. The van der Waals surface area contributed by atoms with Crippen LogP contribution in [0.5, 0.6) is 0 Å². The molecule has 1 aromatic heterocycles. The van der Waals surface area contributed by atoms with Crippen LogP contribution in [0.4, 0.5) is 5.69 Å². The van der Waals surface area contributed by atoms with Gasteiger partial charge in [0.2, 0.25) is 0 Å². The molecule has 0 saturated heterocycles. The SMILES string of the molecule is CC(C)c1ccc(NC(=O)[C@@H](c2ccccc2)n2cnnn2)cc1. The number of benzene rings is 2. The van der Waals surface area contributed by atoms with E-state index in [0.717, 1.165) is 11.3 Å². The number of nitrogens with zero attached hydrogens (tertiary/aromatic N) is 4. The number of rotatable bonds is 5. The Labute approximate surface area is 140 Å². The topological polar surface area (TPSA) is 72.7 Å². The van der Waals surface area contributed by atoms with Crippen LogP contribution >= 0.6 is 0 Å². The van der Waals surface area contributed by atoms with E-state index in [4.69, 9.17) is 0 Å². The van der Waals surface area contributed by atoms with Crippen LogP contribution in [0.15, 0.2) is 60.9 Å². The zero-order chi connectivity index (χ0) is 16.9. The lowest BCUT2D eigenvalue weighted by molar-refractivity contribution is -0.118. The number of tetrazole rings is 1. The van der Waals surface area contributed by atoms with E-state index in [2.05, 4.69) is 34.7 Å². The average Bonchev–Trinajstić information content (AvgIpc) is 3.10. The summed E-state index contributed by atoms with van der Waals surface area (Å²) in [4.78, 5) is 12.8. The average molecular weight is 321 g/mol. The summed E-state index contributed by atoms with van der Waals surface area (Å²) in [5.41, 5.74) is 2.80. The lowest BCUT2D eigenvalue weighted by Crippen LogP contribution is -2.27. The molecule has 0 radical (unpaired) electrons. The molecule has 0 aliphatic carbocycles. The van der Waals surface area contributed by atoms with Crippen LogP contribution < -0.4 is 5.32 Å². The molecular formula is C18H19N5O. The Balaban J connectivity index is 1.84. The van der Waals surface area contributed by atoms with Crippen LogP contribution in [0, 0.1) is 0 Å². The summed E-state index contributed by atoms with van der Waals surface area (Å²) in [6, 6.07) is 16.7. The quantitative estimate of drug-likeness (QED) is 0.784. The summed E-state index contributed by atoms with van der Waals surface area (Å²) in [7, 11) is 0. The number of hydrogen-bond acceptors (Lipinski definition) is 4. The van der Waals surface area contributed by atoms with Crippen molar-refractivity contribution in [2.24, 2.45) is 0 Å². The van der Waals surface area contributed by atoms with E-state index in [1.54, 1.807) is 0 Å². The lowest BCUT2D eigenvalue weighted by Gasteiger charge is -2.17. The predicted molar refractivity (Wildman–Crippen MR) is 91.6 cm³/mol. The van der Waals surface area contributed by atoms with Crippen molar-refractivity contribution in [3.63, 3.8) is 0 Å². The normalized spacial score (nSPS) is 12.1. The summed E-state index contributed by atoms with van der Waals surface area (Å²) < 4.78 is 1.45. The van der Waals surface area contributed by atoms with Gasteiger partial charge in [-0.25, -0.2) is 4.68 Å². The molecule has 0 bridgehead atoms. The van der Waals surface area contributed by atoms with Crippen LogP contribution in [-0.2, 0) is 4.79 Å². The Morgan fingerprint density at radius 2 is 1.71 bits per heavy atom. The highest BCUT2D eigenvalue weighted by molar-refractivity contribution is 5.95. The number of carbonyl (C=O) groups is 1. The number of hydrogen-bond donors (Lipinski definition) is 1.